The summed E-state index contributed by atoms with van der Waals surface area (Å²) in [5.74, 6) is 1.84. The summed E-state index contributed by atoms with van der Waals surface area (Å²) in [6, 6.07) is 4.01. The lowest BCUT2D eigenvalue weighted by Crippen LogP contribution is -2.69. The van der Waals surface area contributed by atoms with Crippen molar-refractivity contribution in [2.45, 2.75) is 101 Å². The second-order valence-corrected chi connectivity index (χ2v) is 12.5. The van der Waals surface area contributed by atoms with E-state index < -0.39 is 11.6 Å². The first-order valence-corrected chi connectivity index (χ1v) is 13.4. The average molecular weight is 485 g/mol. The first kappa shape index (κ1) is 23.6. The molecule has 1 aromatic carbocycles. The Morgan fingerprint density at radius 3 is 2.86 bits per heavy atom. The van der Waals surface area contributed by atoms with E-state index in [1.54, 1.807) is 6.07 Å². The molecule has 2 unspecified atom stereocenters. The lowest BCUT2D eigenvalue weighted by atomic mass is 9.51. The van der Waals surface area contributed by atoms with Crippen LogP contribution in [-0.4, -0.2) is 72.1 Å². The summed E-state index contributed by atoms with van der Waals surface area (Å²) in [7, 11) is 1.83. The largest absolute Gasteiger partial charge is 0.504 e. The van der Waals surface area contributed by atoms with Crippen molar-refractivity contribution in [1.82, 2.24) is 10.2 Å². The summed E-state index contributed by atoms with van der Waals surface area (Å²) in [6.07, 6.45) is 5.57. The first-order chi connectivity index (χ1) is 16.6. The van der Waals surface area contributed by atoms with Gasteiger partial charge in [0.05, 0.1) is 6.10 Å². The number of ether oxygens (including phenoxy) is 3. The Kier molecular flexibility index (Phi) is 5.44. The Hall–Kier alpha value is -1.83. The van der Waals surface area contributed by atoms with Gasteiger partial charge in [0.2, 0.25) is 0 Å². The van der Waals surface area contributed by atoms with E-state index in [1.165, 1.54) is 17.5 Å². The first-order valence-electron chi connectivity index (χ1n) is 13.4. The van der Waals surface area contributed by atoms with Crippen molar-refractivity contribution in [1.29, 1.82) is 0 Å². The van der Waals surface area contributed by atoms with Gasteiger partial charge >= 0.3 is 5.97 Å². The second kappa shape index (κ2) is 8.09. The van der Waals surface area contributed by atoms with E-state index in [1.807, 2.05) is 34.8 Å². The number of esters is 1. The van der Waals surface area contributed by atoms with Gasteiger partial charge in [-0.15, -0.1) is 0 Å². The highest BCUT2D eigenvalue weighted by Gasteiger charge is 2.66. The number of benzene rings is 1. The number of hydrogen-bond acceptors (Lipinski definition) is 7. The monoisotopic (exact) mass is 484 g/mol. The highest BCUT2D eigenvalue weighted by molar-refractivity contribution is 5.75. The fraction of sp³-hybridized carbons (Fsp3) is 0.750. The van der Waals surface area contributed by atoms with Crippen molar-refractivity contribution in [2.24, 2.45) is 11.8 Å². The quantitative estimate of drug-likeness (QED) is 0.601. The Morgan fingerprint density at radius 1 is 1.34 bits per heavy atom. The normalized spacial score (nSPS) is 37.9. The summed E-state index contributed by atoms with van der Waals surface area (Å²) >= 11 is 0. The molecule has 2 heterocycles. The van der Waals surface area contributed by atoms with Gasteiger partial charge in [-0.2, -0.15) is 0 Å². The van der Waals surface area contributed by atoms with E-state index in [-0.39, 0.29) is 29.3 Å². The van der Waals surface area contributed by atoms with Crippen molar-refractivity contribution < 1.29 is 24.1 Å². The van der Waals surface area contributed by atoms with Gasteiger partial charge in [-0.1, -0.05) is 6.07 Å². The molecule has 0 radical (unpaired) electrons. The van der Waals surface area contributed by atoms with Crippen LogP contribution in [0.3, 0.4) is 0 Å². The smallest absolute Gasteiger partial charge is 0.323 e. The van der Waals surface area contributed by atoms with Gasteiger partial charge in [0.15, 0.2) is 11.5 Å². The van der Waals surface area contributed by atoms with Gasteiger partial charge in [0.25, 0.3) is 0 Å². The van der Waals surface area contributed by atoms with Crippen LogP contribution in [-0.2, 0) is 26.1 Å². The third-order valence-electron chi connectivity index (χ3n) is 9.29. The molecule has 3 fully saturated rings. The number of carbonyl (C=O) groups is 1. The number of phenolic OH excluding ortho intramolecular Hbond substituents is 1. The number of piperidine rings is 1. The molecule has 0 amide bonds. The molecule has 0 aromatic heterocycles. The molecule has 8 atom stereocenters. The molecule has 6 rings (SSSR count). The summed E-state index contributed by atoms with van der Waals surface area (Å²) in [5, 5.41) is 14.4. The van der Waals surface area contributed by atoms with Crippen LogP contribution in [0.2, 0.25) is 0 Å². The molecular formula is C28H40N2O5. The summed E-state index contributed by atoms with van der Waals surface area (Å²) in [4.78, 5) is 15.5. The number of aromatic hydroxyl groups is 1. The number of carbonyl (C=O) groups excluding carboxylic acids is 1. The Morgan fingerprint density at radius 2 is 2.14 bits per heavy atom. The predicted octanol–water partition coefficient (Wildman–Crippen LogP) is 3.15. The summed E-state index contributed by atoms with van der Waals surface area (Å²) in [5.41, 5.74) is 1.94. The van der Waals surface area contributed by atoms with Crippen LogP contribution in [0.25, 0.3) is 0 Å². The zero-order valence-electron chi connectivity index (χ0n) is 21.7. The molecule has 1 aromatic rings. The van der Waals surface area contributed by atoms with Crippen LogP contribution in [0.5, 0.6) is 11.5 Å². The van der Waals surface area contributed by atoms with Gasteiger partial charge in [0.1, 0.15) is 17.7 Å². The van der Waals surface area contributed by atoms with E-state index in [2.05, 4.69) is 16.3 Å². The van der Waals surface area contributed by atoms with E-state index in [0.29, 0.717) is 29.7 Å². The number of likely N-dealkylation sites (tertiary alicyclic amines) is 1. The van der Waals surface area contributed by atoms with E-state index in [9.17, 15) is 9.90 Å². The lowest BCUT2D eigenvalue weighted by molar-refractivity contribution is -0.157. The van der Waals surface area contributed by atoms with Gasteiger partial charge in [-0.05, 0) is 83.9 Å². The third-order valence-corrected chi connectivity index (χ3v) is 9.29. The van der Waals surface area contributed by atoms with Crippen LogP contribution in [0.1, 0.15) is 64.5 Å². The van der Waals surface area contributed by atoms with E-state index in [0.717, 1.165) is 38.8 Å². The van der Waals surface area contributed by atoms with Crippen molar-refractivity contribution in [2.75, 3.05) is 20.2 Å². The van der Waals surface area contributed by atoms with Gasteiger partial charge in [-0.3, -0.25) is 15.0 Å². The third kappa shape index (κ3) is 3.68. The predicted molar refractivity (Wildman–Crippen MR) is 132 cm³/mol. The van der Waals surface area contributed by atoms with E-state index in [4.69, 9.17) is 14.2 Å². The topological polar surface area (TPSA) is 80.3 Å². The average Bonchev–Trinajstić information content (AvgIpc) is 3.45. The number of nitrogens with zero attached hydrogens (tertiary/aromatic N) is 1. The Bertz CT molecular complexity index is 1020. The molecule has 192 valence electrons. The number of phenols is 1. The Labute approximate surface area is 208 Å². The highest BCUT2D eigenvalue weighted by Crippen LogP contribution is 2.64. The maximum Gasteiger partial charge on any atom is 0.323 e. The van der Waals surface area contributed by atoms with Gasteiger partial charge < -0.3 is 19.3 Å². The van der Waals surface area contributed by atoms with Gasteiger partial charge in [0, 0.05) is 42.6 Å². The number of methoxy groups -OCH3 is 1. The molecule has 2 bridgehead atoms. The maximum atomic E-state index is 12.8. The van der Waals surface area contributed by atoms with Crippen LogP contribution in [0.4, 0.5) is 0 Å². The minimum absolute atomic E-state index is 0.0278. The molecule has 3 aliphatic carbocycles. The molecule has 7 nitrogen and oxygen atoms in total. The van der Waals surface area contributed by atoms with Gasteiger partial charge in [-0.25, -0.2) is 0 Å². The zero-order chi connectivity index (χ0) is 24.7. The van der Waals surface area contributed by atoms with Crippen molar-refractivity contribution in [3.8, 4) is 11.5 Å². The molecule has 1 saturated heterocycles. The van der Waals surface area contributed by atoms with Crippen LogP contribution in [0, 0.1) is 11.8 Å². The summed E-state index contributed by atoms with van der Waals surface area (Å²) < 4.78 is 17.9. The number of rotatable bonds is 6. The zero-order valence-corrected chi connectivity index (χ0v) is 21.7. The highest BCUT2D eigenvalue weighted by atomic mass is 16.6. The van der Waals surface area contributed by atoms with Crippen molar-refractivity contribution in [3.05, 3.63) is 23.3 Å². The lowest BCUT2D eigenvalue weighted by Gasteiger charge is -2.60. The minimum atomic E-state index is -0.517. The maximum absolute atomic E-state index is 12.8. The van der Waals surface area contributed by atoms with Crippen LogP contribution < -0.4 is 10.1 Å². The molecule has 1 spiro atoms. The SMILES string of the molecule is COC1CC1CN1CC[C@]23c4c5ccc(O)c4O[C@H]2[C@H](N[C@@H](C)C(=O)OC(C)(C)C)CC[C@H]3[C@H]1C5. The molecule has 2 aliphatic heterocycles. The minimum Gasteiger partial charge on any atom is -0.504 e. The second-order valence-electron chi connectivity index (χ2n) is 12.5. The molecule has 5 aliphatic rings. The standard InChI is InChI=1S/C28H40N2O5/c1-15(26(32)35-27(2,3)4)29-19-8-7-18-20-12-16-6-9-21(31)24-23(16)28(18,25(19)34-24)10-11-30(20)14-17-13-22(17)33-5/h6,9,15,17-20,22,25,29,31H,7-8,10-14H2,1-5H3/t15-,17?,18-,19+,20+,22?,25-,28-/m0/s1. The van der Waals surface area contributed by atoms with Crippen LogP contribution in [0.15, 0.2) is 12.1 Å². The molecule has 7 heteroatoms. The fourth-order valence-corrected chi connectivity index (χ4v) is 7.80. The molecule has 2 N–H and O–H groups in total. The van der Waals surface area contributed by atoms with E-state index >= 15 is 0 Å². The number of nitrogens with one attached hydrogen (secondary N) is 1. The van der Waals surface area contributed by atoms with Crippen molar-refractivity contribution >= 4 is 5.97 Å². The Balaban J connectivity index is 1.30. The summed E-state index contributed by atoms with van der Waals surface area (Å²) in [6.45, 7) is 9.73. The molecular weight excluding hydrogens is 444 g/mol. The van der Waals surface area contributed by atoms with Crippen LogP contribution >= 0.6 is 0 Å². The molecule has 35 heavy (non-hydrogen) atoms. The van der Waals surface area contributed by atoms with Crippen molar-refractivity contribution in [3.63, 3.8) is 0 Å². The number of hydrogen-bond donors (Lipinski definition) is 2. The molecule has 2 saturated carbocycles. The fourth-order valence-electron chi connectivity index (χ4n) is 7.80.